The number of hydrogen-bond acceptors (Lipinski definition) is 5. The Balaban J connectivity index is 1.72. The maximum Gasteiger partial charge on any atom is 0.257 e. The van der Waals surface area contributed by atoms with E-state index < -0.39 is 0 Å². The van der Waals surface area contributed by atoms with Crippen molar-refractivity contribution >= 4 is 0 Å². The summed E-state index contributed by atoms with van der Waals surface area (Å²) in [5, 5.41) is 8.06. The molecule has 3 rings (SSSR count). The van der Waals surface area contributed by atoms with Crippen LogP contribution in [0.3, 0.4) is 0 Å². The Hall–Kier alpha value is -1.88. The first kappa shape index (κ1) is 11.2. The molecule has 1 aromatic heterocycles. The minimum Gasteiger partial charge on any atom is -0.480 e. The predicted octanol–water partition coefficient (Wildman–Crippen LogP) is 1.64. The molecule has 0 fully saturated rings. The quantitative estimate of drug-likeness (QED) is 0.886. The second kappa shape index (κ2) is 4.78. The first-order chi connectivity index (χ1) is 8.86. The average Bonchev–Trinajstić information content (AvgIpc) is 3.02. The highest BCUT2D eigenvalue weighted by Gasteiger charge is 2.28. The van der Waals surface area contributed by atoms with E-state index in [2.05, 4.69) is 16.3 Å². The molecule has 0 bridgehead atoms. The Morgan fingerprint density at radius 2 is 2.17 bits per heavy atom. The average molecular weight is 245 g/mol. The van der Waals surface area contributed by atoms with Crippen LogP contribution in [0, 0.1) is 0 Å². The molecule has 5 nitrogen and oxygen atoms in total. The summed E-state index contributed by atoms with van der Waals surface area (Å²) in [5.41, 5.74) is 6.63. The molecule has 1 aliphatic rings. The topological polar surface area (TPSA) is 74.2 Å². The van der Waals surface area contributed by atoms with E-state index in [-0.39, 0.29) is 6.10 Å². The minimum atomic E-state index is -0.151. The summed E-state index contributed by atoms with van der Waals surface area (Å²) in [6, 6.07) is 7.98. The van der Waals surface area contributed by atoms with Crippen LogP contribution in [0.5, 0.6) is 5.75 Å². The molecule has 2 heterocycles. The third-order valence-electron chi connectivity index (χ3n) is 3.00. The highest BCUT2D eigenvalue weighted by Crippen LogP contribution is 2.35. The van der Waals surface area contributed by atoms with Crippen molar-refractivity contribution in [2.75, 3.05) is 6.54 Å². The number of aromatic nitrogens is 2. The van der Waals surface area contributed by atoms with Crippen molar-refractivity contribution in [1.29, 1.82) is 0 Å². The number of fused-ring (bicyclic) bond motifs is 1. The summed E-state index contributed by atoms with van der Waals surface area (Å²) >= 11 is 0. The van der Waals surface area contributed by atoms with Crippen LogP contribution in [0.15, 0.2) is 28.7 Å². The lowest BCUT2D eigenvalue weighted by Gasteiger charge is -2.04. The molecule has 0 amide bonds. The number of ether oxygens (including phenoxy) is 1. The Morgan fingerprint density at radius 3 is 3.00 bits per heavy atom. The predicted molar refractivity (Wildman–Crippen MR) is 65.2 cm³/mol. The number of para-hydroxylation sites is 1. The molecule has 0 saturated heterocycles. The van der Waals surface area contributed by atoms with Crippen LogP contribution >= 0.6 is 0 Å². The van der Waals surface area contributed by atoms with E-state index in [0.29, 0.717) is 18.3 Å². The molecule has 0 saturated carbocycles. The normalized spacial score (nSPS) is 17.5. The van der Waals surface area contributed by atoms with Gasteiger partial charge in [0.05, 0.1) is 0 Å². The van der Waals surface area contributed by atoms with E-state index in [4.69, 9.17) is 14.9 Å². The summed E-state index contributed by atoms with van der Waals surface area (Å²) in [7, 11) is 0. The van der Waals surface area contributed by atoms with Crippen molar-refractivity contribution in [3.63, 3.8) is 0 Å². The summed E-state index contributed by atoms with van der Waals surface area (Å²) in [5.74, 6) is 2.09. The van der Waals surface area contributed by atoms with Gasteiger partial charge in [-0.25, -0.2) is 0 Å². The lowest BCUT2D eigenvalue weighted by molar-refractivity contribution is 0.194. The van der Waals surface area contributed by atoms with E-state index in [0.717, 1.165) is 25.0 Å². The molecular weight excluding hydrogens is 230 g/mol. The Kier molecular flexibility index (Phi) is 2.98. The van der Waals surface area contributed by atoms with Crippen LogP contribution < -0.4 is 10.5 Å². The maximum absolute atomic E-state index is 5.79. The minimum absolute atomic E-state index is 0.151. The fraction of sp³-hybridized carbons (Fsp3) is 0.385. The zero-order chi connectivity index (χ0) is 12.4. The maximum atomic E-state index is 5.79. The zero-order valence-corrected chi connectivity index (χ0v) is 10.0. The lowest BCUT2D eigenvalue weighted by Crippen LogP contribution is -2.03. The second-order valence-corrected chi connectivity index (χ2v) is 4.34. The van der Waals surface area contributed by atoms with Gasteiger partial charge in [-0.3, -0.25) is 0 Å². The standard InChI is InChI=1S/C13H15N3O2/c14-7-3-6-12-15-16-13(18-12)11-8-9-4-1-2-5-10(9)17-11/h1-2,4-5,11H,3,6-8,14H2. The molecular formula is C13H15N3O2. The number of benzene rings is 1. The number of hydrogen-bond donors (Lipinski definition) is 1. The van der Waals surface area contributed by atoms with Gasteiger partial charge in [-0.1, -0.05) is 18.2 Å². The Morgan fingerprint density at radius 1 is 1.28 bits per heavy atom. The van der Waals surface area contributed by atoms with Gasteiger partial charge >= 0.3 is 0 Å². The van der Waals surface area contributed by atoms with Crippen LogP contribution in [0.2, 0.25) is 0 Å². The molecule has 0 spiro atoms. The number of aryl methyl sites for hydroxylation is 1. The van der Waals surface area contributed by atoms with Crippen LogP contribution in [0.25, 0.3) is 0 Å². The molecule has 1 aromatic carbocycles. The number of nitrogens with zero attached hydrogens (tertiary/aromatic N) is 2. The molecule has 2 N–H and O–H groups in total. The zero-order valence-electron chi connectivity index (χ0n) is 10.0. The lowest BCUT2D eigenvalue weighted by atomic mass is 10.1. The smallest absolute Gasteiger partial charge is 0.257 e. The van der Waals surface area contributed by atoms with Crippen molar-refractivity contribution in [3.8, 4) is 5.75 Å². The van der Waals surface area contributed by atoms with Crippen molar-refractivity contribution in [2.24, 2.45) is 5.73 Å². The van der Waals surface area contributed by atoms with Crippen molar-refractivity contribution < 1.29 is 9.15 Å². The van der Waals surface area contributed by atoms with Gasteiger partial charge in [0.25, 0.3) is 5.89 Å². The van der Waals surface area contributed by atoms with Crippen molar-refractivity contribution in [3.05, 3.63) is 41.6 Å². The molecule has 18 heavy (non-hydrogen) atoms. The molecule has 0 aliphatic carbocycles. The number of nitrogens with two attached hydrogens (primary N) is 1. The van der Waals surface area contributed by atoms with Crippen LogP contribution in [-0.2, 0) is 12.8 Å². The van der Waals surface area contributed by atoms with Gasteiger partial charge in [0.1, 0.15) is 5.75 Å². The molecule has 1 atom stereocenters. The van der Waals surface area contributed by atoms with Gasteiger partial charge in [0.15, 0.2) is 6.10 Å². The summed E-state index contributed by atoms with van der Waals surface area (Å²) < 4.78 is 11.4. The second-order valence-electron chi connectivity index (χ2n) is 4.34. The fourth-order valence-corrected chi connectivity index (χ4v) is 2.07. The first-order valence-electron chi connectivity index (χ1n) is 6.13. The summed E-state index contributed by atoms with van der Waals surface area (Å²) in [6.45, 7) is 0.628. The molecule has 0 radical (unpaired) electrons. The van der Waals surface area contributed by atoms with Crippen LogP contribution in [0.1, 0.15) is 29.9 Å². The highest BCUT2D eigenvalue weighted by atomic mass is 16.5. The van der Waals surface area contributed by atoms with E-state index >= 15 is 0 Å². The number of rotatable bonds is 4. The van der Waals surface area contributed by atoms with Gasteiger partial charge in [-0.05, 0) is 24.6 Å². The largest absolute Gasteiger partial charge is 0.480 e. The van der Waals surface area contributed by atoms with Crippen LogP contribution in [-0.4, -0.2) is 16.7 Å². The molecule has 5 heteroatoms. The molecule has 2 aromatic rings. The first-order valence-corrected chi connectivity index (χ1v) is 6.13. The van der Waals surface area contributed by atoms with Gasteiger partial charge < -0.3 is 14.9 Å². The van der Waals surface area contributed by atoms with Crippen molar-refractivity contribution in [2.45, 2.75) is 25.4 Å². The highest BCUT2D eigenvalue weighted by molar-refractivity contribution is 5.37. The van der Waals surface area contributed by atoms with Gasteiger partial charge in [-0.15, -0.1) is 10.2 Å². The van der Waals surface area contributed by atoms with E-state index in [1.807, 2.05) is 18.2 Å². The monoisotopic (exact) mass is 245 g/mol. The van der Waals surface area contributed by atoms with Gasteiger partial charge in [0.2, 0.25) is 5.89 Å². The van der Waals surface area contributed by atoms with Gasteiger partial charge in [-0.2, -0.15) is 0 Å². The van der Waals surface area contributed by atoms with Crippen LogP contribution in [0.4, 0.5) is 0 Å². The Labute approximate surface area is 105 Å². The van der Waals surface area contributed by atoms with E-state index in [9.17, 15) is 0 Å². The third kappa shape index (κ3) is 2.09. The van der Waals surface area contributed by atoms with Gasteiger partial charge in [0, 0.05) is 12.8 Å². The summed E-state index contributed by atoms with van der Waals surface area (Å²) in [6.07, 6.45) is 2.21. The van der Waals surface area contributed by atoms with E-state index in [1.54, 1.807) is 0 Å². The third-order valence-corrected chi connectivity index (χ3v) is 3.00. The fourth-order valence-electron chi connectivity index (χ4n) is 2.07. The Bertz CT molecular complexity index is 514. The van der Waals surface area contributed by atoms with Crippen molar-refractivity contribution in [1.82, 2.24) is 10.2 Å². The van der Waals surface area contributed by atoms with E-state index in [1.165, 1.54) is 5.56 Å². The summed E-state index contributed by atoms with van der Waals surface area (Å²) in [4.78, 5) is 0. The SMILES string of the molecule is NCCCc1nnc(C2Cc3ccccc3O2)o1. The molecule has 1 aliphatic heterocycles. The molecule has 1 unspecified atom stereocenters. The molecule has 94 valence electrons.